The Kier molecular flexibility index (Phi) is 5.36. The summed E-state index contributed by atoms with van der Waals surface area (Å²) in [6.07, 6.45) is 4.48. The fourth-order valence-electron chi connectivity index (χ4n) is 2.77. The molecule has 25 heavy (non-hydrogen) atoms. The number of aromatic nitrogens is 1. The lowest BCUT2D eigenvalue weighted by Gasteiger charge is -2.26. The Bertz CT molecular complexity index is 911. The number of hydrogen-bond donors (Lipinski definition) is 2. The van der Waals surface area contributed by atoms with Crippen LogP contribution < -0.4 is 10.1 Å². The number of hydrogen-bond acceptors (Lipinski definition) is 5. The van der Waals surface area contributed by atoms with Crippen LogP contribution in [0, 0.1) is 5.41 Å². The summed E-state index contributed by atoms with van der Waals surface area (Å²) in [5, 5.41) is 12.1. The third kappa shape index (κ3) is 4.17. The Hall–Kier alpha value is -1.97. The van der Waals surface area contributed by atoms with E-state index in [4.69, 9.17) is 5.41 Å². The van der Waals surface area contributed by atoms with Gasteiger partial charge >= 0.3 is 0 Å². The minimum Gasteiger partial charge on any atom is -0.324 e. The lowest BCUT2D eigenvalue weighted by atomic mass is 10.2. The van der Waals surface area contributed by atoms with Crippen LogP contribution in [0.15, 0.2) is 40.7 Å². The first-order valence-electron chi connectivity index (χ1n) is 8.05. The third-order valence-corrected chi connectivity index (χ3v) is 6.68. The van der Waals surface area contributed by atoms with Crippen molar-refractivity contribution < 1.29 is 13.2 Å². The summed E-state index contributed by atoms with van der Waals surface area (Å²) in [6.45, 7) is 1.10. The van der Waals surface area contributed by atoms with Gasteiger partial charge in [0, 0.05) is 30.4 Å². The zero-order chi connectivity index (χ0) is 17.9. The lowest BCUT2D eigenvalue weighted by Crippen LogP contribution is -2.35. The first kappa shape index (κ1) is 17.8. The van der Waals surface area contributed by atoms with Gasteiger partial charge in [0.2, 0.25) is 15.9 Å². The molecule has 1 aliphatic heterocycles. The second-order valence-corrected chi connectivity index (χ2v) is 8.71. The molecule has 2 heterocycles. The Balaban J connectivity index is 1.74. The highest BCUT2D eigenvalue weighted by Gasteiger charge is 2.26. The van der Waals surface area contributed by atoms with Gasteiger partial charge in [-0.15, -0.1) is 11.3 Å². The maximum Gasteiger partial charge on any atom is 0.244 e. The molecule has 1 aliphatic rings. The zero-order valence-corrected chi connectivity index (χ0v) is 15.3. The van der Waals surface area contributed by atoms with E-state index in [9.17, 15) is 13.2 Å². The van der Waals surface area contributed by atoms with Crippen LogP contribution in [0.1, 0.15) is 19.3 Å². The van der Waals surface area contributed by atoms with Gasteiger partial charge < -0.3 is 9.88 Å². The summed E-state index contributed by atoms with van der Waals surface area (Å²) in [4.78, 5) is 12.6. The zero-order valence-electron chi connectivity index (χ0n) is 13.6. The summed E-state index contributed by atoms with van der Waals surface area (Å²) >= 11 is 1.24. The summed E-state index contributed by atoms with van der Waals surface area (Å²) in [5.74, 6) is -0.301. The van der Waals surface area contributed by atoms with Crippen molar-refractivity contribution >= 4 is 33.0 Å². The maximum absolute atomic E-state index is 12.7. The van der Waals surface area contributed by atoms with Crippen LogP contribution >= 0.6 is 11.3 Å². The van der Waals surface area contributed by atoms with Gasteiger partial charge in [-0.2, -0.15) is 4.31 Å². The van der Waals surface area contributed by atoms with Crippen LogP contribution in [0.4, 0.5) is 5.69 Å². The molecule has 2 N–H and O–H groups in total. The molecule has 0 bridgehead atoms. The second-order valence-electron chi connectivity index (χ2n) is 5.88. The third-order valence-electron chi connectivity index (χ3n) is 4.07. The lowest BCUT2D eigenvalue weighted by molar-refractivity contribution is -0.116. The number of nitrogens with one attached hydrogen (secondary N) is 2. The number of piperidine rings is 1. The molecular formula is C16H20N4O3S2. The molecule has 9 heteroatoms. The van der Waals surface area contributed by atoms with E-state index in [-0.39, 0.29) is 22.1 Å². The van der Waals surface area contributed by atoms with Gasteiger partial charge in [0.05, 0.1) is 4.90 Å². The number of carbonyl (C=O) groups excluding carboxylic acids is 1. The smallest absolute Gasteiger partial charge is 0.244 e. The van der Waals surface area contributed by atoms with E-state index in [1.54, 1.807) is 29.8 Å². The van der Waals surface area contributed by atoms with E-state index in [1.807, 2.05) is 0 Å². The molecule has 0 unspecified atom stereocenters. The van der Waals surface area contributed by atoms with Gasteiger partial charge in [-0.25, -0.2) is 8.42 Å². The molecule has 1 fully saturated rings. The highest BCUT2D eigenvalue weighted by molar-refractivity contribution is 7.89. The predicted octanol–water partition coefficient (Wildman–Crippen LogP) is 1.84. The van der Waals surface area contributed by atoms with Crippen molar-refractivity contribution in [2.75, 3.05) is 18.4 Å². The topological polar surface area (TPSA) is 95.3 Å². The molecule has 0 saturated carbocycles. The molecule has 1 saturated heterocycles. The van der Waals surface area contributed by atoms with E-state index < -0.39 is 10.0 Å². The van der Waals surface area contributed by atoms with Crippen LogP contribution in [0.2, 0.25) is 0 Å². The maximum atomic E-state index is 12.7. The highest BCUT2D eigenvalue weighted by atomic mass is 32.2. The molecule has 3 rings (SSSR count). The predicted molar refractivity (Wildman–Crippen MR) is 95.8 cm³/mol. The summed E-state index contributed by atoms with van der Waals surface area (Å²) in [7, 11) is -3.53. The quantitative estimate of drug-likeness (QED) is 0.828. The fraction of sp³-hybridized carbons (Fsp3) is 0.375. The van der Waals surface area contributed by atoms with E-state index in [0.29, 0.717) is 18.8 Å². The van der Waals surface area contributed by atoms with Gasteiger partial charge in [0.15, 0.2) is 4.80 Å². The SMILES string of the molecule is N=c1sccn1CC(=O)Nc1cccc(S(=O)(=O)N2CCCCC2)c1. The Morgan fingerprint density at radius 2 is 2.00 bits per heavy atom. The fourth-order valence-corrected chi connectivity index (χ4v) is 4.93. The first-order valence-corrected chi connectivity index (χ1v) is 10.4. The van der Waals surface area contributed by atoms with Crippen molar-refractivity contribution in [1.82, 2.24) is 8.87 Å². The summed E-state index contributed by atoms with van der Waals surface area (Å²) in [5.41, 5.74) is 0.436. The molecule has 1 aromatic heterocycles. The van der Waals surface area contributed by atoms with Crippen molar-refractivity contribution in [3.05, 3.63) is 40.6 Å². The molecule has 2 aromatic rings. The molecular weight excluding hydrogens is 360 g/mol. The molecule has 0 spiro atoms. The standard InChI is InChI=1S/C16H20N4O3S2/c17-16-19(9-10-24-16)12-15(21)18-13-5-4-6-14(11-13)25(22,23)20-7-2-1-3-8-20/h4-6,9-11,17H,1-3,7-8,12H2,(H,18,21). The number of thiazole rings is 1. The van der Waals surface area contributed by atoms with Gasteiger partial charge in [0.1, 0.15) is 6.54 Å². The number of rotatable bonds is 5. The number of amides is 1. The van der Waals surface area contributed by atoms with Gasteiger partial charge in [0.25, 0.3) is 0 Å². The van der Waals surface area contributed by atoms with Crippen LogP contribution in [0.5, 0.6) is 0 Å². The Morgan fingerprint density at radius 1 is 1.24 bits per heavy atom. The Labute approximate surface area is 150 Å². The average molecular weight is 380 g/mol. The van der Waals surface area contributed by atoms with Crippen LogP contribution in [-0.4, -0.2) is 36.3 Å². The van der Waals surface area contributed by atoms with Crippen molar-refractivity contribution in [2.45, 2.75) is 30.7 Å². The normalized spacial score (nSPS) is 15.8. The van der Waals surface area contributed by atoms with Crippen LogP contribution in [-0.2, 0) is 21.4 Å². The summed E-state index contributed by atoms with van der Waals surface area (Å²) in [6, 6.07) is 6.32. The summed E-state index contributed by atoms with van der Waals surface area (Å²) < 4.78 is 28.5. The van der Waals surface area contributed by atoms with E-state index in [1.165, 1.54) is 26.3 Å². The number of nitrogens with zero attached hydrogens (tertiary/aromatic N) is 2. The number of anilines is 1. The minimum atomic E-state index is -3.53. The Morgan fingerprint density at radius 3 is 2.68 bits per heavy atom. The number of benzene rings is 1. The van der Waals surface area contributed by atoms with Crippen LogP contribution in [0.3, 0.4) is 0 Å². The molecule has 1 amide bonds. The molecule has 134 valence electrons. The highest BCUT2D eigenvalue weighted by Crippen LogP contribution is 2.22. The number of sulfonamides is 1. The molecule has 0 aliphatic carbocycles. The first-order chi connectivity index (χ1) is 12.0. The van der Waals surface area contributed by atoms with E-state index in [2.05, 4.69) is 5.32 Å². The molecule has 7 nitrogen and oxygen atoms in total. The van der Waals surface area contributed by atoms with Crippen molar-refractivity contribution in [1.29, 1.82) is 5.41 Å². The van der Waals surface area contributed by atoms with Crippen LogP contribution in [0.25, 0.3) is 0 Å². The molecule has 1 aromatic carbocycles. The molecule has 0 radical (unpaired) electrons. The second kappa shape index (κ2) is 7.51. The van der Waals surface area contributed by atoms with E-state index >= 15 is 0 Å². The van der Waals surface area contributed by atoms with Gasteiger partial charge in [-0.3, -0.25) is 10.2 Å². The van der Waals surface area contributed by atoms with Crippen molar-refractivity contribution in [3.63, 3.8) is 0 Å². The van der Waals surface area contributed by atoms with E-state index in [0.717, 1.165) is 19.3 Å². The minimum absolute atomic E-state index is 0.0193. The monoisotopic (exact) mass is 380 g/mol. The molecule has 0 atom stereocenters. The average Bonchev–Trinajstić information content (AvgIpc) is 3.00. The largest absolute Gasteiger partial charge is 0.324 e. The number of carbonyl (C=O) groups is 1. The van der Waals surface area contributed by atoms with Gasteiger partial charge in [-0.1, -0.05) is 12.5 Å². The van der Waals surface area contributed by atoms with Crippen molar-refractivity contribution in [3.8, 4) is 0 Å². The van der Waals surface area contributed by atoms with Gasteiger partial charge in [-0.05, 0) is 31.0 Å². The van der Waals surface area contributed by atoms with Crippen molar-refractivity contribution in [2.24, 2.45) is 0 Å².